The Hall–Kier alpha value is -2.12. The van der Waals surface area contributed by atoms with E-state index in [4.69, 9.17) is 4.74 Å². The second kappa shape index (κ2) is 6.55. The van der Waals surface area contributed by atoms with E-state index in [1.54, 1.807) is 12.1 Å². The largest absolute Gasteiger partial charge is 0.494 e. The van der Waals surface area contributed by atoms with Gasteiger partial charge in [-0.05, 0) is 56.2 Å². The summed E-state index contributed by atoms with van der Waals surface area (Å²) in [4.78, 5) is 4.35. The minimum atomic E-state index is -3.46. The third-order valence-corrected chi connectivity index (χ3v) is 4.89. The lowest BCUT2D eigenvalue weighted by atomic mass is 10.3. The van der Waals surface area contributed by atoms with Gasteiger partial charge in [0.15, 0.2) is 0 Å². The molecule has 3 rings (SSSR count). The molecule has 0 radical (unpaired) electrons. The summed E-state index contributed by atoms with van der Waals surface area (Å²) in [5.74, 6) is 1.39. The summed E-state index contributed by atoms with van der Waals surface area (Å²) < 4.78 is 32.1. The maximum Gasteiger partial charge on any atom is 0.242 e. The number of ether oxygens (including phenoxy) is 1. The molecule has 1 aliphatic rings. The zero-order chi connectivity index (χ0) is 16.3. The Balaban J connectivity index is 1.67. The number of benzene rings is 1. The molecule has 1 heterocycles. The van der Waals surface area contributed by atoms with Gasteiger partial charge >= 0.3 is 0 Å². The topological polar surface area (TPSA) is 80.3 Å². The van der Waals surface area contributed by atoms with Crippen LogP contribution in [0, 0.1) is 0 Å². The van der Waals surface area contributed by atoms with E-state index in [0.29, 0.717) is 12.4 Å². The van der Waals surface area contributed by atoms with E-state index in [2.05, 4.69) is 15.0 Å². The van der Waals surface area contributed by atoms with Gasteiger partial charge in [-0.3, -0.25) is 0 Å². The molecule has 1 fully saturated rings. The van der Waals surface area contributed by atoms with E-state index in [1.807, 2.05) is 31.2 Å². The lowest BCUT2D eigenvalue weighted by molar-refractivity contribution is 0.340. The molecule has 0 aliphatic heterocycles. The summed E-state index contributed by atoms with van der Waals surface area (Å²) in [6.45, 7) is 2.56. The Bertz CT molecular complexity index is 754. The molecule has 1 aromatic carbocycles. The second-order valence-electron chi connectivity index (χ2n) is 5.36. The first kappa shape index (κ1) is 15.8. The van der Waals surface area contributed by atoms with Crippen LogP contribution in [0.4, 0.5) is 11.5 Å². The van der Waals surface area contributed by atoms with Crippen LogP contribution < -0.4 is 14.8 Å². The molecular weight excluding hydrogens is 314 g/mol. The van der Waals surface area contributed by atoms with Crippen LogP contribution in [0.5, 0.6) is 5.75 Å². The van der Waals surface area contributed by atoms with Gasteiger partial charge in [0.2, 0.25) is 10.0 Å². The van der Waals surface area contributed by atoms with E-state index < -0.39 is 10.0 Å². The first-order valence-corrected chi connectivity index (χ1v) is 9.03. The maximum absolute atomic E-state index is 12.1. The Morgan fingerprint density at radius 1 is 1.17 bits per heavy atom. The van der Waals surface area contributed by atoms with Crippen molar-refractivity contribution in [3.63, 3.8) is 0 Å². The Morgan fingerprint density at radius 3 is 2.48 bits per heavy atom. The van der Waals surface area contributed by atoms with Gasteiger partial charge in [0.25, 0.3) is 0 Å². The molecule has 0 amide bonds. The smallest absolute Gasteiger partial charge is 0.242 e. The minimum Gasteiger partial charge on any atom is -0.494 e. The average molecular weight is 333 g/mol. The van der Waals surface area contributed by atoms with E-state index in [-0.39, 0.29) is 10.9 Å². The number of hydrogen-bond donors (Lipinski definition) is 2. The van der Waals surface area contributed by atoms with Crippen molar-refractivity contribution in [3.05, 3.63) is 42.6 Å². The lowest BCUT2D eigenvalue weighted by Gasteiger charge is -2.09. The van der Waals surface area contributed by atoms with Gasteiger partial charge in [0, 0.05) is 17.9 Å². The van der Waals surface area contributed by atoms with Crippen LogP contribution >= 0.6 is 0 Å². The van der Waals surface area contributed by atoms with Crippen LogP contribution in [0.1, 0.15) is 19.8 Å². The molecule has 0 spiro atoms. The summed E-state index contributed by atoms with van der Waals surface area (Å²) >= 11 is 0. The molecule has 1 aliphatic carbocycles. The second-order valence-corrected chi connectivity index (χ2v) is 7.07. The summed E-state index contributed by atoms with van der Waals surface area (Å²) in [5.41, 5.74) is 0.854. The molecule has 0 atom stereocenters. The first-order valence-electron chi connectivity index (χ1n) is 7.55. The van der Waals surface area contributed by atoms with Crippen molar-refractivity contribution in [2.75, 3.05) is 11.9 Å². The van der Waals surface area contributed by atoms with Crippen molar-refractivity contribution in [3.8, 4) is 5.75 Å². The van der Waals surface area contributed by atoms with E-state index >= 15 is 0 Å². The average Bonchev–Trinajstić information content (AvgIpc) is 3.33. The molecule has 6 nitrogen and oxygen atoms in total. The number of rotatable bonds is 7. The summed E-state index contributed by atoms with van der Waals surface area (Å²) in [6, 6.07) is 10.8. The van der Waals surface area contributed by atoms with Gasteiger partial charge in [0.1, 0.15) is 16.5 Å². The first-order chi connectivity index (χ1) is 11.1. The van der Waals surface area contributed by atoms with E-state index in [1.165, 1.54) is 6.20 Å². The van der Waals surface area contributed by atoms with Gasteiger partial charge in [-0.25, -0.2) is 18.1 Å². The normalized spacial score (nSPS) is 14.5. The fourth-order valence-electron chi connectivity index (χ4n) is 2.05. The van der Waals surface area contributed by atoms with Crippen molar-refractivity contribution in [1.29, 1.82) is 0 Å². The highest BCUT2D eigenvalue weighted by Gasteiger charge is 2.28. The van der Waals surface area contributed by atoms with Crippen LogP contribution in [0.2, 0.25) is 0 Å². The van der Waals surface area contributed by atoms with Gasteiger partial charge in [0.05, 0.1) is 6.61 Å². The molecule has 1 aromatic heterocycles. The minimum absolute atomic E-state index is 0.0849. The van der Waals surface area contributed by atoms with Crippen molar-refractivity contribution in [2.45, 2.75) is 30.7 Å². The number of anilines is 2. The highest BCUT2D eigenvalue weighted by molar-refractivity contribution is 7.89. The molecule has 1 saturated carbocycles. The zero-order valence-electron chi connectivity index (χ0n) is 12.8. The Labute approximate surface area is 136 Å². The summed E-state index contributed by atoms with van der Waals surface area (Å²) in [6.07, 6.45) is 3.18. The van der Waals surface area contributed by atoms with Crippen LogP contribution in [0.3, 0.4) is 0 Å². The molecule has 0 bridgehead atoms. The molecule has 23 heavy (non-hydrogen) atoms. The lowest BCUT2D eigenvalue weighted by Crippen LogP contribution is -2.25. The molecule has 122 valence electrons. The highest BCUT2D eigenvalue weighted by Crippen LogP contribution is 2.23. The van der Waals surface area contributed by atoms with Crippen LogP contribution in [0.25, 0.3) is 0 Å². The molecule has 0 unspecified atom stereocenters. The zero-order valence-corrected chi connectivity index (χ0v) is 13.6. The summed E-state index contributed by atoms with van der Waals surface area (Å²) in [5, 5.41) is 3.12. The van der Waals surface area contributed by atoms with Gasteiger partial charge in [-0.15, -0.1) is 0 Å². The molecule has 2 aromatic rings. The molecule has 0 saturated heterocycles. The number of sulfonamides is 1. The van der Waals surface area contributed by atoms with Crippen molar-refractivity contribution in [1.82, 2.24) is 9.71 Å². The highest BCUT2D eigenvalue weighted by atomic mass is 32.2. The van der Waals surface area contributed by atoms with Crippen molar-refractivity contribution < 1.29 is 13.2 Å². The van der Waals surface area contributed by atoms with Crippen molar-refractivity contribution >= 4 is 21.5 Å². The van der Waals surface area contributed by atoms with Crippen LogP contribution in [-0.4, -0.2) is 26.1 Å². The predicted octanol–water partition coefficient (Wildman–Crippen LogP) is 2.66. The maximum atomic E-state index is 12.1. The number of hydrogen-bond acceptors (Lipinski definition) is 5. The third-order valence-electron chi connectivity index (χ3n) is 3.38. The van der Waals surface area contributed by atoms with Gasteiger partial charge in [-0.2, -0.15) is 0 Å². The fourth-order valence-corrected chi connectivity index (χ4v) is 3.30. The molecule has 7 heteroatoms. The van der Waals surface area contributed by atoms with E-state index in [9.17, 15) is 8.42 Å². The number of nitrogens with zero attached hydrogens (tertiary/aromatic N) is 1. The van der Waals surface area contributed by atoms with Crippen LogP contribution in [-0.2, 0) is 10.0 Å². The number of nitrogens with one attached hydrogen (secondary N) is 2. The van der Waals surface area contributed by atoms with Gasteiger partial charge in [-0.1, -0.05) is 0 Å². The SMILES string of the molecule is CCOc1ccc(Nc2ccc(S(=O)(=O)NC3CC3)cn2)cc1. The van der Waals surface area contributed by atoms with Crippen molar-refractivity contribution in [2.24, 2.45) is 0 Å². The monoisotopic (exact) mass is 333 g/mol. The Kier molecular flexibility index (Phi) is 4.49. The number of aromatic nitrogens is 1. The molecule has 2 N–H and O–H groups in total. The predicted molar refractivity (Wildman–Crippen MR) is 88.5 cm³/mol. The quantitative estimate of drug-likeness (QED) is 0.814. The van der Waals surface area contributed by atoms with Gasteiger partial charge < -0.3 is 10.1 Å². The Morgan fingerprint density at radius 2 is 1.91 bits per heavy atom. The molecular formula is C16H19N3O3S. The van der Waals surface area contributed by atoms with E-state index in [0.717, 1.165) is 24.3 Å². The van der Waals surface area contributed by atoms with Crippen LogP contribution in [0.15, 0.2) is 47.5 Å². The number of pyridine rings is 1. The summed E-state index contributed by atoms with van der Waals surface area (Å²) in [7, 11) is -3.46. The third kappa shape index (κ3) is 4.20. The standard InChI is InChI=1S/C16H19N3O3S/c1-2-22-14-7-5-12(6-8-14)18-16-10-9-15(11-17-16)23(20,21)19-13-3-4-13/h5-11,13,19H,2-4H2,1H3,(H,17,18). The fraction of sp³-hybridized carbons (Fsp3) is 0.312.